The van der Waals surface area contributed by atoms with Crippen LogP contribution in [0, 0.1) is 46.3 Å². The molecule has 3 nitrogen and oxygen atoms in total. The lowest BCUT2D eigenvalue weighted by molar-refractivity contribution is -0.154. The first-order valence-electron chi connectivity index (χ1n) is 11.9. The third-order valence-corrected chi connectivity index (χ3v) is 10.1. The van der Waals surface area contributed by atoms with Gasteiger partial charge in [0.05, 0.1) is 13.0 Å². The van der Waals surface area contributed by atoms with Crippen LogP contribution in [0.2, 0.25) is 0 Å². The van der Waals surface area contributed by atoms with Gasteiger partial charge in [0.15, 0.2) is 0 Å². The molecule has 0 saturated heterocycles. The molecule has 0 aromatic rings. The fourth-order valence-corrected chi connectivity index (χ4v) is 8.69. The van der Waals surface area contributed by atoms with Crippen molar-refractivity contribution in [2.75, 3.05) is 7.11 Å². The molecule has 4 aliphatic carbocycles. The fourth-order valence-electron chi connectivity index (χ4n) is 8.69. The van der Waals surface area contributed by atoms with Gasteiger partial charge in [-0.3, -0.25) is 9.59 Å². The number of hydrogen-bond acceptors (Lipinski definition) is 3. The second-order valence-corrected chi connectivity index (χ2v) is 11.0. The molecule has 28 heavy (non-hydrogen) atoms. The predicted molar refractivity (Wildman–Crippen MR) is 111 cm³/mol. The fraction of sp³-hybridized carbons (Fsp3) is 0.920. The second kappa shape index (κ2) is 7.43. The first kappa shape index (κ1) is 20.4. The van der Waals surface area contributed by atoms with Crippen LogP contribution < -0.4 is 0 Å². The standard InChI is InChI=1S/C25H40O3/c1-5-6-19(23(27)28-4)21-10-9-20-18-8-7-16-15-17(26)11-13-24(16,2)22(18)12-14-25(20,21)3/h16,18-22H,5-15H2,1-4H3/t16-,18-,19+,20-,21+,22-,24-,25-/m0/s1. The van der Waals surface area contributed by atoms with E-state index in [0.29, 0.717) is 28.4 Å². The van der Waals surface area contributed by atoms with Gasteiger partial charge in [-0.2, -0.15) is 0 Å². The summed E-state index contributed by atoms with van der Waals surface area (Å²) in [6, 6.07) is 0. The molecule has 0 N–H and O–H groups in total. The van der Waals surface area contributed by atoms with E-state index in [0.717, 1.165) is 49.9 Å². The van der Waals surface area contributed by atoms with Crippen molar-refractivity contribution in [3.63, 3.8) is 0 Å². The molecule has 4 rings (SSSR count). The molecule has 0 unspecified atom stereocenters. The Bertz CT molecular complexity index is 627. The number of ketones is 1. The number of methoxy groups -OCH3 is 1. The molecule has 0 spiro atoms. The average Bonchev–Trinajstić information content (AvgIpc) is 3.03. The van der Waals surface area contributed by atoms with Crippen molar-refractivity contribution >= 4 is 11.8 Å². The van der Waals surface area contributed by atoms with Gasteiger partial charge >= 0.3 is 5.97 Å². The summed E-state index contributed by atoms with van der Waals surface area (Å²) in [4.78, 5) is 24.7. The minimum Gasteiger partial charge on any atom is -0.469 e. The topological polar surface area (TPSA) is 43.4 Å². The van der Waals surface area contributed by atoms with Crippen LogP contribution in [0.1, 0.15) is 91.4 Å². The lowest BCUT2D eigenvalue weighted by Crippen LogP contribution is -2.54. The molecule has 4 saturated carbocycles. The molecule has 8 atom stereocenters. The Morgan fingerprint density at radius 2 is 1.82 bits per heavy atom. The number of esters is 1. The smallest absolute Gasteiger partial charge is 0.308 e. The van der Waals surface area contributed by atoms with E-state index in [9.17, 15) is 9.59 Å². The molecule has 0 amide bonds. The maximum atomic E-state index is 12.6. The van der Waals surface area contributed by atoms with Gasteiger partial charge in [-0.1, -0.05) is 27.2 Å². The number of rotatable bonds is 4. The first-order chi connectivity index (χ1) is 13.3. The summed E-state index contributed by atoms with van der Waals surface area (Å²) < 4.78 is 5.23. The highest BCUT2D eigenvalue weighted by Gasteiger charge is 2.61. The number of ether oxygens (including phenoxy) is 1. The van der Waals surface area contributed by atoms with Gasteiger partial charge in [0, 0.05) is 12.8 Å². The highest BCUT2D eigenvalue weighted by molar-refractivity contribution is 5.79. The number of fused-ring (bicyclic) bond motifs is 5. The summed E-state index contributed by atoms with van der Waals surface area (Å²) in [6.45, 7) is 7.22. The maximum Gasteiger partial charge on any atom is 0.308 e. The molecule has 0 aromatic heterocycles. The number of carbonyl (C=O) groups excluding carboxylic acids is 2. The quantitative estimate of drug-likeness (QED) is 0.571. The molecular formula is C25H40O3. The van der Waals surface area contributed by atoms with Crippen molar-refractivity contribution in [2.24, 2.45) is 46.3 Å². The first-order valence-corrected chi connectivity index (χ1v) is 11.9. The zero-order valence-corrected chi connectivity index (χ0v) is 18.5. The maximum absolute atomic E-state index is 12.6. The van der Waals surface area contributed by atoms with E-state index >= 15 is 0 Å². The van der Waals surface area contributed by atoms with E-state index in [1.807, 2.05) is 0 Å². The van der Waals surface area contributed by atoms with Crippen LogP contribution in [0.25, 0.3) is 0 Å². The van der Waals surface area contributed by atoms with Crippen molar-refractivity contribution in [1.82, 2.24) is 0 Å². The minimum absolute atomic E-state index is 0.0253. The Morgan fingerprint density at radius 1 is 1.07 bits per heavy atom. The predicted octanol–water partition coefficient (Wildman–Crippen LogP) is 5.80. The van der Waals surface area contributed by atoms with Gasteiger partial charge in [0.1, 0.15) is 5.78 Å². The van der Waals surface area contributed by atoms with Crippen LogP contribution in [0.15, 0.2) is 0 Å². The van der Waals surface area contributed by atoms with Crippen LogP contribution in [-0.2, 0) is 14.3 Å². The molecule has 158 valence electrons. The molecule has 0 aliphatic heterocycles. The van der Waals surface area contributed by atoms with E-state index in [2.05, 4.69) is 20.8 Å². The third-order valence-electron chi connectivity index (χ3n) is 10.1. The Hall–Kier alpha value is -0.860. The van der Waals surface area contributed by atoms with Crippen molar-refractivity contribution in [3.05, 3.63) is 0 Å². The molecule has 0 heterocycles. The normalized spacial score (nSPS) is 46.3. The van der Waals surface area contributed by atoms with Gasteiger partial charge in [-0.05, 0) is 91.8 Å². The number of carbonyl (C=O) groups is 2. The van der Waals surface area contributed by atoms with Crippen molar-refractivity contribution in [3.8, 4) is 0 Å². The summed E-state index contributed by atoms with van der Waals surface area (Å²) in [5.74, 6) is 4.08. The molecule has 3 heteroatoms. The van der Waals surface area contributed by atoms with E-state index in [4.69, 9.17) is 4.74 Å². The summed E-state index contributed by atoms with van der Waals surface area (Å²) in [5, 5.41) is 0. The molecule has 4 fully saturated rings. The van der Waals surface area contributed by atoms with E-state index in [1.165, 1.54) is 38.5 Å². The molecule has 0 bridgehead atoms. The van der Waals surface area contributed by atoms with E-state index in [-0.39, 0.29) is 11.9 Å². The highest BCUT2D eigenvalue weighted by atomic mass is 16.5. The molecular weight excluding hydrogens is 348 g/mol. The van der Waals surface area contributed by atoms with Gasteiger partial charge in [-0.15, -0.1) is 0 Å². The van der Waals surface area contributed by atoms with Crippen LogP contribution >= 0.6 is 0 Å². The average molecular weight is 389 g/mol. The van der Waals surface area contributed by atoms with Crippen LogP contribution in [0.3, 0.4) is 0 Å². The van der Waals surface area contributed by atoms with Crippen LogP contribution in [-0.4, -0.2) is 18.9 Å². The van der Waals surface area contributed by atoms with Gasteiger partial charge in [0.25, 0.3) is 0 Å². The SMILES string of the molecule is CCC[C@@H](C(=O)OC)[C@H]1CC[C@H]2[C@@H]3CC[C@H]4CC(=O)CC[C@]4(C)[C@H]3CC[C@]12C. The van der Waals surface area contributed by atoms with Crippen molar-refractivity contribution in [1.29, 1.82) is 0 Å². The Morgan fingerprint density at radius 3 is 2.54 bits per heavy atom. The van der Waals surface area contributed by atoms with Crippen LogP contribution in [0.4, 0.5) is 0 Å². The number of hydrogen-bond donors (Lipinski definition) is 0. The number of Topliss-reactive ketones (excluding diaryl/α,β-unsaturated/α-hetero) is 1. The summed E-state index contributed by atoms with van der Waals surface area (Å²) >= 11 is 0. The van der Waals surface area contributed by atoms with Gasteiger partial charge in [-0.25, -0.2) is 0 Å². The molecule has 0 radical (unpaired) electrons. The monoisotopic (exact) mass is 388 g/mol. The van der Waals surface area contributed by atoms with E-state index < -0.39 is 0 Å². The minimum atomic E-state index is 0.0253. The molecule has 4 aliphatic rings. The summed E-state index contributed by atoms with van der Waals surface area (Å²) in [5.41, 5.74) is 0.671. The lowest BCUT2D eigenvalue weighted by Gasteiger charge is -2.60. The van der Waals surface area contributed by atoms with Gasteiger partial charge in [0.2, 0.25) is 0 Å². The van der Waals surface area contributed by atoms with Crippen molar-refractivity contribution in [2.45, 2.75) is 91.4 Å². The highest BCUT2D eigenvalue weighted by Crippen LogP contribution is 2.68. The van der Waals surface area contributed by atoms with Gasteiger partial charge < -0.3 is 4.74 Å². The summed E-state index contributed by atoms with van der Waals surface area (Å²) in [6.07, 6.45) is 12.4. The zero-order chi connectivity index (χ0) is 20.1. The molecule has 0 aromatic carbocycles. The van der Waals surface area contributed by atoms with Crippen LogP contribution in [0.5, 0.6) is 0 Å². The lowest BCUT2D eigenvalue weighted by atomic mass is 9.44. The largest absolute Gasteiger partial charge is 0.469 e. The Kier molecular flexibility index (Phi) is 5.42. The second-order valence-electron chi connectivity index (χ2n) is 11.0. The van der Waals surface area contributed by atoms with E-state index in [1.54, 1.807) is 7.11 Å². The Balaban J connectivity index is 1.58. The third kappa shape index (κ3) is 2.98. The Labute approximate surface area is 171 Å². The summed E-state index contributed by atoms with van der Waals surface area (Å²) in [7, 11) is 1.56. The zero-order valence-electron chi connectivity index (χ0n) is 18.5. The van der Waals surface area contributed by atoms with Crippen molar-refractivity contribution < 1.29 is 14.3 Å².